The van der Waals surface area contributed by atoms with Crippen LogP contribution in [0.4, 0.5) is 4.79 Å². The number of hydrogen-bond donors (Lipinski definition) is 1. The van der Waals surface area contributed by atoms with Gasteiger partial charge in [0.1, 0.15) is 12.3 Å². The molecule has 2 aromatic rings. The van der Waals surface area contributed by atoms with Crippen molar-refractivity contribution < 1.29 is 23.9 Å². The molecule has 1 N–H and O–H groups in total. The first-order chi connectivity index (χ1) is 14.0. The molecule has 1 aliphatic carbocycles. The largest absolute Gasteiger partial charge is 0.496 e. The molecule has 1 aliphatic heterocycles. The number of fused-ring (bicyclic) bond motifs is 2. The second-order valence-electron chi connectivity index (χ2n) is 7.27. The van der Waals surface area contributed by atoms with E-state index < -0.39 is 23.5 Å². The van der Waals surface area contributed by atoms with Gasteiger partial charge in [-0.25, -0.2) is 9.69 Å². The molecule has 1 heterocycles. The van der Waals surface area contributed by atoms with Gasteiger partial charge in [-0.3, -0.25) is 9.59 Å². The Morgan fingerprint density at radius 2 is 1.93 bits per heavy atom. The number of ether oxygens (including phenoxy) is 2. The molecule has 0 bridgehead atoms. The molecule has 7 nitrogen and oxygen atoms in total. The summed E-state index contributed by atoms with van der Waals surface area (Å²) in [6.45, 7) is 1.43. The van der Waals surface area contributed by atoms with Gasteiger partial charge in [0.15, 0.2) is 0 Å². The summed E-state index contributed by atoms with van der Waals surface area (Å²) in [4.78, 5) is 39.0. The van der Waals surface area contributed by atoms with Crippen LogP contribution in [-0.2, 0) is 26.3 Å². The lowest BCUT2D eigenvalue weighted by molar-refractivity contribution is -0.139. The normalized spacial score (nSPS) is 21.1. The second kappa shape index (κ2) is 7.24. The number of rotatable bonds is 5. The van der Waals surface area contributed by atoms with E-state index in [9.17, 15) is 14.4 Å². The van der Waals surface area contributed by atoms with Crippen LogP contribution in [0.25, 0.3) is 0 Å². The first-order valence-corrected chi connectivity index (χ1v) is 9.52. The summed E-state index contributed by atoms with van der Waals surface area (Å²) in [6, 6.07) is 14.4. The molecule has 2 aromatic carbocycles. The Bertz CT molecular complexity index is 989. The van der Waals surface area contributed by atoms with Crippen molar-refractivity contribution in [1.82, 2.24) is 10.2 Å². The maximum atomic E-state index is 13.1. The van der Waals surface area contributed by atoms with Crippen molar-refractivity contribution in [2.24, 2.45) is 0 Å². The molecule has 3 amide bonds. The summed E-state index contributed by atoms with van der Waals surface area (Å²) < 4.78 is 10.8. The van der Waals surface area contributed by atoms with Gasteiger partial charge >= 0.3 is 6.09 Å². The topological polar surface area (TPSA) is 84.9 Å². The van der Waals surface area contributed by atoms with E-state index >= 15 is 0 Å². The van der Waals surface area contributed by atoms with Crippen molar-refractivity contribution in [3.63, 3.8) is 0 Å². The van der Waals surface area contributed by atoms with Crippen LogP contribution in [0, 0.1) is 0 Å². The minimum atomic E-state index is -1.30. The van der Waals surface area contributed by atoms with Crippen LogP contribution in [0.1, 0.15) is 36.1 Å². The zero-order valence-electron chi connectivity index (χ0n) is 16.3. The molecule has 2 aliphatic rings. The fraction of sp³-hybridized carbons (Fsp3) is 0.318. The van der Waals surface area contributed by atoms with Crippen LogP contribution in [0.5, 0.6) is 5.75 Å². The molecule has 0 radical (unpaired) electrons. The zero-order chi connectivity index (χ0) is 20.6. The van der Waals surface area contributed by atoms with Gasteiger partial charge in [-0.05, 0) is 25.0 Å². The SMILES string of the molecule is COc1ccccc1[C@@H](C)NC(=O)CN1C(=O)O[C@@]2(CCc3ccccc32)C1=O. The molecule has 2 atom stereocenters. The van der Waals surface area contributed by atoms with Gasteiger partial charge < -0.3 is 14.8 Å². The lowest BCUT2D eigenvalue weighted by atomic mass is 9.95. The van der Waals surface area contributed by atoms with E-state index in [2.05, 4.69) is 5.32 Å². The number of amides is 3. The van der Waals surface area contributed by atoms with Gasteiger partial charge in [-0.2, -0.15) is 0 Å². The third-order valence-corrected chi connectivity index (χ3v) is 5.56. The molecule has 0 unspecified atom stereocenters. The summed E-state index contributed by atoms with van der Waals surface area (Å²) in [5.74, 6) is -0.275. The predicted octanol–water partition coefficient (Wildman–Crippen LogP) is 2.69. The van der Waals surface area contributed by atoms with Crippen molar-refractivity contribution in [2.45, 2.75) is 31.4 Å². The lowest BCUT2D eigenvalue weighted by Crippen LogP contribution is -2.43. The molecule has 0 saturated carbocycles. The number of aryl methyl sites for hydroxylation is 1. The first kappa shape index (κ1) is 19.0. The van der Waals surface area contributed by atoms with Crippen LogP contribution >= 0.6 is 0 Å². The molecular weight excluding hydrogens is 372 g/mol. The van der Waals surface area contributed by atoms with Crippen LogP contribution in [-0.4, -0.2) is 36.5 Å². The fourth-order valence-corrected chi connectivity index (χ4v) is 4.12. The van der Waals surface area contributed by atoms with Gasteiger partial charge in [0.05, 0.1) is 13.2 Å². The maximum absolute atomic E-state index is 13.1. The number of imide groups is 1. The summed E-state index contributed by atoms with van der Waals surface area (Å²) in [6.07, 6.45) is 0.263. The highest BCUT2D eigenvalue weighted by Gasteiger charge is 2.58. The van der Waals surface area contributed by atoms with E-state index in [0.29, 0.717) is 24.2 Å². The number of methoxy groups -OCH3 is 1. The number of carbonyl (C=O) groups excluding carboxylic acids is 3. The van der Waals surface area contributed by atoms with Crippen molar-refractivity contribution in [1.29, 1.82) is 0 Å². The van der Waals surface area contributed by atoms with E-state index in [-0.39, 0.29) is 12.6 Å². The molecule has 4 rings (SSSR count). The Hall–Kier alpha value is -3.35. The van der Waals surface area contributed by atoms with Gasteiger partial charge in [-0.15, -0.1) is 0 Å². The van der Waals surface area contributed by atoms with E-state index in [1.807, 2.05) is 43.3 Å². The molecule has 29 heavy (non-hydrogen) atoms. The Morgan fingerprint density at radius 1 is 1.21 bits per heavy atom. The predicted molar refractivity (Wildman–Crippen MR) is 104 cm³/mol. The second-order valence-corrected chi connectivity index (χ2v) is 7.27. The third kappa shape index (κ3) is 3.12. The highest BCUT2D eigenvalue weighted by atomic mass is 16.6. The molecule has 7 heteroatoms. The Balaban J connectivity index is 1.48. The average molecular weight is 394 g/mol. The number of carbonyl (C=O) groups is 3. The zero-order valence-corrected chi connectivity index (χ0v) is 16.3. The summed E-state index contributed by atoms with van der Waals surface area (Å²) >= 11 is 0. The summed E-state index contributed by atoms with van der Waals surface area (Å²) in [5, 5.41) is 2.82. The maximum Gasteiger partial charge on any atom is 0.418 e. The third-order valence-electron chi connectivity index (χ3n) is 5.56. The molecule has 1 fully saturated rings. The highest BCUT2D eigenvalue weighted by Crippen LogP contribution is 2.45. The first-order valence-electron chi connectivity index (χ1n) is 9.52. The molecule has 1 spiro atoms. The molecule has 0 aromatic heterocycles. The minimum absolute atomic E-state index is 0.353. The van der Waals surface area contributed by atoms with Crippen LogP contribution in [0.15, 0.2) is 48.5 Å². The number of nitrogens with zero attached hydrogens (tertiary/aromatic N) is 1. The molecule has 1 saturated heterocycles. The quantitative estimate of drug-likeness (QED) is 0.843. The number of hydrogen-bond acceptors (Lipinski definition) is 5. The monoisotopic (exact) mass is 394 g/mol. The van der Waals surface area contributed by atoms with Gasteiger partial charge in [0, 0.05) is 17.5 Å². The van der Waals surface area contributed by atoms with E-state index in [4.69, 9.17) is 9.47 Å². The smallest absolute Gasteiger partial charge is 0.418 e. The minimum Gasteiger partial charge on any atom is -0.496 e. The Labute approximate surface area is 168 Å². The van der Waals surface area contributed by atoms with Crippen LogP contribution in [0.3, 0.4) is 0 Å². The summed E-state index contributed by atoms with van der Waals surface area (Å²) in [5.41, 5.74) is 1.20. The molecule has 150 valence electrons. The van der Waals surface area contributed by atoms with Gasteiger partial charge in [0.25, 0.3) is 5.91 Å². The van der Waals surface area contributed by atoms with Gasteiger partial charge in [-0.1, -0.05) is 42.5 Å². The van der Waals surface area contributed by atoms with Crippen molar-refractivity contribution >= 4 is 17.9 Å². The number of nitrogens with one attached hydrogen (secondary N) is 1. The van der Waals surface area contributed by atoms with Crippen molar-refractivity contribution in [2.75, 3.05) is 13.7 Å². The average Bonchev–Trinajstić information content (AvgIpc) is 3.21. The Morgan fingerprint density at radius 3 is 2.72 bits per heavy atom. The molecular formula is C22H22N2O5. The van der Waals surface area contributed by atoms with E-state index in [1.165, 1.54) is 0 Å². The Kier molecular flexibility index (Phi) is 4.74. The lowest BCUT2D eigenvalue weighted by Gasteiger charge is -2.21. The fourth-order valence-electron chi connectivity index (χ4n) is 4.12. The summed E-state index contributed by atoms with van der Waals surface area (Å²) in [7, 11) is 1.56. The van der Waals surface area contributed by atoms with Crippen LogP contribution < -0.4 is 10.1 Å². The standard InChI is InChI=1S/C22H22N2O5/c1-14(16-8-4-6-10-18(16)28-2)23-19(25)13-24-20(26)22(29-21(24)27)12-11-15-7-3-5-9-17(15)22/h3-10,14H,11-13H2,1-2H3,(H,23,25)/t14-,22-/m1/s1. The van der Waals surface area contributed by atoms with Crippen molar-refractivity contribution in [3.05, 3.63) is 65.2 Å². The van der Waals surface area contributed by atoms with Crippen LogP contribution in [0.2, 0.25) is 0 Å². The number of para-hydroxylation sites is 1. The van der Waals surface area contributed by atoms with Crippen molar-refractivity contribution in [3.8, 4) is 5.75 Å². The van der Waals surface area contributed by atoms with E-state index in [1.54, 1.807) is 19.2 Å². The highest BCUT2D eigenvalue weighted by molar-refractivity contribution is 6.06. The number of benzene rings is 2. The van der Waals surface area contributed by atoms with E-state index in [0.717, 1.165) is 16.0 Å². The van der Waals surface area contributed by atoms with Gasteiger partial charge in [0.2, 0.25) is 11.5 Å².